The Hall–Kier alpha value is -2.47. The number of rotatable bonds is 2. The fraction of sp³-hybridized carbons (Fsp3) is 0.267. The first-order valence-corrected chi connectivity index (χ1v) is 6.84. The van der Waals surface area contributed by atoms with Crippen LogP contribution in [0, 0.1) is 0 Å². The molecule has 1 amide bonds. The Balaban J connectivity index is 1.95. The molecular weight excluding hydrogens is 268 g/mol. The summed E-state index contributed by atoms with van der Waals surface area (Å²) in [6.45, 7) is 2.87. The van der Waals surface area contributed by atoms with Crippen molar-refractivity contribution in [3.05, 3.63) is 45.9 Å². The molecule has 1 aromatic heterocycles. The van der Waals surface area contributed by atoms with Crippen LogP contribution < -0.4 is 16.2 Å². The molecular formula is C15H16N4O2. The number of amides is 1. The SMILES string of the molecule is CC(=O)Nc1ccc(-c2nc3c(c(=O)[nH]2)CNCC3)cc1. The van der Waals surface area contributed by atoms with E-state index in [1.54, 1.807) is 12.1 Å². The highest BCUT2D eigenvalue weighted by Crippen LogP contribution is 2.18. The molecule has 1 aliphatic heterocycles. The van der Waals surface area contributed by atoms with Gasteiger partial charge in [-0.3, -0.25) is 9.59 Å². The lowest BCUT2D eigenvalue weighted by Crippen LogP contribution is -2.31. The van der Waals surface area contributed by atoms with E-state index in [1.165, 1.54) is 6.92 Å². The number of nitrogens with one attached hydrogen (secondary N) is 3. The van der Waals surface area contributed by atoms with Crippen molar-refractivity contribution in [3.8, 4) is 11.4 Å². The van der Waals surface area contributed by atoms with Gasteiger partial charge in [0.25, 0.3) is 5.56 Å². The molecule has 21 heavy (non-hydrogen) atoms. The van der Waals surface area contributed by atoms with Crippen LogP contribution in [0.3, 0.4) is 0 Å². The van der Waals surface area contributed by atoms with Gasteiger partial charge in [-0.15, -0.1) is 0 Å². The first-order chi connectivity index (χ1) is 10.1. The lowest BCUT2D eigenvalue weighted by molar-refractivity contribution is -0.114. The van der Waals surface area contributed by atoms with Crippen LogP contribution >= 0.6 is 0 Å². The summed E-state index contributed by atoms with van der Waals surface area (Å²) in [6.07, 6.45) is 0.760. The Morgan fingerprint density at radius 3 is 2.76 bits per heavy atom. The predicted molar refractivity (Wildman–Crippen MR) is 80.0 cm³/mol. The summed E-state index contributed by atoms with van der Waals surface area (Å²) in [4.78, 5) is 30.4. The summed E-state index contributed by atoms with van der Waals surface area (Å²) in [5, 5.41) is 5.87. The van der Waals surface area contributed by atoms with Gasteiger partial charge in [0.2, 0.25) is 5.91 Å². The molecule has 1 aromatic carbocycles. The van der Waals surface area contributed by atoms with E-state index in [2.05, 4.69) is 20.6 Å². The number of nitrogens with zero attached hydrogens (tertiary/aromatic N) is 1. The molecule has 108 valence electrons. The third-order valence-electron chi connectivity index (χ3n) is 3.42. The summed E-state index contributed by atoms with van der Waals surface area (Å²) in [5.41, 5.74) is 3.03. The van der Waals surface area contributed by atoms with Gasteiger partial charge in [-0.1, -0.05) is 0 Å². The average Bonchev–Trinajstić information content (AvgIpc) is 2.47. The molecule has 0 bridgehead atoms. The van der Waals surface area contributed by atoms with E-state index < -0.39 is 0 Å². The van der Waals surface area contributed by atoms with Gasteiger partial charge in [0.05, 0.1) is 11.3 Å². The highest BCUT2D eigenvalue weighted by Gasteiger charge is 2.15. The minimum absolute atomic E-state index is 0.0897. The molecule has 0 saturated heterocycles. The Labute approximate surface area is 121 Å². The number of hydrogen-bond acceptors (Lipinski definition) is 4. The Morgan fingerprint density at radius 1 is 1.29 bits per heavy atom. The molecule has 0 fully saturated rings. The van der Waals surface area contributed by atoms with E-state index in [0.717, 1.165) is 35.5 Å². The van der Waals surface area contributed by atoms with Crippen molar-refractivity contribution >= 4 is 11.6 Å². The molecule has 3 N–H and O–H groups in total. The summed E-state index contributed by atoms with van der Waals surface area (Å²) in [7, 11) is 0. The fourth-order valence-electron chi connectivity index (χ4n) is 2.41. The van der Waals surface area contributed by atoms with Crippen LogP contribution in [0.4, 0.5) is 5.69 Å². The van der Waals surface area contributed by atoms with Crippen molar-refractivity contribution in [2.45, 2.75) is 19.9 Å². The van der Waals surface area contributed by atoms with Gasteiger partial charge < -0.3 is 15.6 Å². The minimum Gasteiger partial charge on any atom is -0.326 e. The zero-order valence-electron chi connectivity index (χ0n) is 11.7. The molecule has 6 nitrogen and oxygen atoms in total. The standard InChI is InChI=1S/C15H16N4O2/c1-9(20)17-11-4-2-10(3-5-11)14-18-13-6-7-16-8-12(13)15(21)19-14/h2-5,16H,6-8H2,1H3,(H,17,20)(H,18,19,21). The number of H-pyrrole nitrogens is 1. The maximum Gasteiger partial charge on any atom is 0.255 e. The zero-order valence-corrected chi connectivity index (χ0v) is 11.7. The van der Waals surface area contributed by atoms with Gasteiger partial charge in [-0.05, 0) is 24.3 Å². The quantitative estimate of drug-likeness (QED) is 0.769. The summed E-state index contributed by atoms with van der Waals surface area (Å²) in [6, 6.07) is 7.24. The number of carbonyl (C=O) groups excluding carboxylic acids is 1. The average molecular weight is 284 g/mol. The first kappa shape index (κ1) is 13.5. The highest BCUT2D eigenvalue weighted by molar-refractivity contribution is 5.88. The number of hydrogen-bond donors (Lipinski definition) is 3. The lowest BCUT2D eigenvalue weighted by atomic mass is 10.1. The van der Waals surface area contributed by atoms with Crippen LogP contribution in [0.5, 0.6) is 0 Å². The molecule has 6 heteroatoms. The van der Waals surface area contributed by atoms with Gasteiger partial charge in [0, 0.05) is 37.7 Å². The third kappa shape index (κ3) is 2.85. The number of aromatic nitrogens is 2. The molecule has 2 aromatic rings. The monoisotopic (exact) mass is 284 g/mol. The van der Waals surface area contributed by atoms with Crippen LogP contribution in [-0.2, 0) is 17.8 Å². The number of carbonyl (C=O) groups is 1. The van der Waals surface area contributed by atoms with Crippen molar-refractivity contribution in [1.29, 1.82) is 0 Å². The van der Waals surface area contributed by atoms with Crippen LogP contribution in [0.1, 0.15) is 18.2 Å². The van der Waals surface area contributed by atoms with Crippen molar-refractivity contribution in [2.24, 2.45) is 0 Å². The van der Waals surface area contributed by atoms with E-state index in [4.69, 9.17) is 0 Å². The molecule has 0 spiro atoms. The second-order valence-electron chi connectivity index (χ2n) is 5.03. The van der Waals surface area contributed by atoms with E-state index in [-0.39, 0.29) is 11.5 Å². The van der Waals surface area contributed by atoms with E-state index in [0.29, 0.717) is 12.4 Å². The zero-order chi connectivity index (χ0) is 14.8. The maximum absolute atomic E-state index is 12.1. The van der Waals surface area contributed by atoms with Gasteiger partial charge in [0.15, 0.2) is 0 Å². The lowest BCUT2D eigenvalue weighted by Gasteiger charge is -2.16. The number of anilines is 1. The fourth-order valence-corrected chi connectivity index (χ4v) is 2.41. The second kappa shape index (κ2) is 5.49. The van der Waals surface area contributed by atoms with Crippen LogP contribution in [0.2, 0.25) is 0 Å². The van der Waals surface area contributed by atoms with E-state index in [1.807, 2.05) is 12.1 Å². The number of benzene rings is 1. The molecule has 0 unspecified atom stereocenters. The minimum atomic E-state index is -0.115. The Kier molecular flexibility index (Phi) is 3.53. The molecule has 0 aliphatic carbocycles. The topological polar surface area (TPSA) is 86.9 Å². The molecule has 0 radical (unpaired) electrons. The second-order valence-corrected chi connectivity index (χ2v) is 5.03. The normalized spacial score (nSPS) is 13.6. The van der Waals surface area contributed by atoms with E-state index >= 15 is 0 Å². The largest absolute Gasteiger partial charge is 0.326 e. The van der Waals surface area contributed by atoms with Gasteiger partial charge in [-0.2, -0.15) is 0 Å². The molecule has 0 atom stereocenters. The molecule has 3 rings (SSSR count). The van der Waals surface area contributed by atoms with Crippen molar-refractivity contribution in [2.75, 3.05) is 11.9 Å². The summed E-state index contributed by atoms with van der Waals surface area (Å²) in [5.74, 6) is 0.450. The maximum atomic E-state index is 12.1. The third-order valence-corrected chi connectivity index (χ3v) is 3.42. The smallest absolute Gasteiger partial charge is 0.255 e. The summed E-state index contributed by atoms with van der Waals surface area (Å²) < 4.78 is 0. The van der Waals surface area contributed by atoms with Gasteiger partial charge in [-0.25, -0.2) is 4.98 Å². The Morgan fingerprint density at radius 2 is 2.05 bits per heavy atom. The van der Waals surface area contributed by atoms with Crippen molar-refractivity contribution < 1.29 is 4.79 Å². The van der Waals surface area contributed by atoms with Crippen molar-refractivity contribution in [3.63, 3.8) is 0 Å². The van der Waals surface area contributed by atoms with Gasteiger partial charge >= 0.3 is 0 Å². The Bertz CT molecular complexity index is 734. The number of aromatic amines is 1. The highest BCUT2D eigenvalue weighted by atomic mass is 16.1. The molecule has 1 aliphatic rings. The molecule has 0 saturated carbocycles. The van der Waals surface area contributed by atoms with E-state index in [9.17, 15) is 9.59 Å². The van der Waals surface area contributed by atoms with Crippen LogP contribution in [-0.4, -0.2) is 22.4 Å². The van der Waals surface area contributed by atoms with Crippen molar-refractivity contribution in [1.82, 2.24) is 15.3 Å². The summed E-state index contributed by atoms with van der Waals surface area (Å²) >= 11 is 0. The van der Waals surface area contributed by atoms with Gasteiger partial charge in [0.1, 0.15) is 5.82 Å². The van der Waals surface area contributed by atoms with Crippen LogP contribution in [0.25, 0.3) is 11.4 Å². The van der Waals surface area contributed by atoms with Crippen LogP contribution in [0.15, 0.2) is 29.1 Å². The number of fused-ring (bicyclic) bond motifs is 1. The molecule has 2 heterocycles. The predicted octanol–water partition coefficient (Wildman–Crippen LogP) is 1.04. The first-order valence-electron chi connectivity index (χ1n) is 6.84.